The standard InChI is InChI=1S/C19H28N2O2/c1-4-5-9-18-16(15-8-6-7-10-17(15)23-18)13-21(3)19(22)12-11-14(2)20/h6-8,10,14H,4-5,9,11-13,20H2,1-3H3. The lowest BCUT2D eigenvalue weighted by Gasteiger charge is -2.18. The van der Waals surface area contributed by atoms with Crippen molar-refractivity contribution in [1.82, 2.24) is 4.90 Å². The predicted molar refractivity (Wildman–Crippen MR) is 94.2 cm³/mol. The van der Waals surface area contributed by atoms with E-state index in [9.17, 15) is 4.79 Å². The van der Waals surface area contributed by atoms with Crippen LogP contribution in [-0.2, 0) is 17.8 Å². The van der Waals surface area contributed by atoms with Crippen molar-refractivity contribution < 1.29 is 9.21 Å². The molecule has 2 N–H and O–H groups in total. The summed E-state index contributed by atoms with van der Waals surface area (Å²) in [5.41, 5.74) is 7.80. The van der Waals surface area contributed by atoms with Gasteiger partial charge in [0, 0.05) is 43.4 Å². The second kappa shape index (κ2) is 8.16. The summed E-state index contributed by atoms with van der Waals surface area (Å²) in [5, 5.41) is 1.12. The van der Waals surface area contributed by atoms with E-state index in [-0.39, 0.29) is 11.9 Å². The Hall–Kier alpha value is -1.81. The fourth-order valence-corrected chi connectivity index (χ4v) is 2.73. The second-order valence-corrected chi connectivity index (χ2v) is 6.37. The van der Waals surface area contributed by atoms with Gasteiger partial charge >= 0.3 is 0 Å². The Balaban J connectivity index is 2.18. The number of hydrogen-bond donors (Lipinski definition) is 1. The Morgan fingerprint density at radius 2 is 2.09 bits per heavy atom. The molecule has 1 unspecified atom stereocenters. The maximum absolute atomic E-state index is 12.3. The zero-order valence-corrected chi connectivity index (χ0v) is 14.5. The number of rotatable bonds is 8. The van der Waals surface area contributed by atoms with Crippen molar-refractivity contribution in [3.63, 3.8) is 0 Å². The van der Waals surface area contributed by atoms with Crippen molar-refractivity contribution in [3.8, 4) is 0 Å². The summed E-state index contributed by atoms with van der Waals surface area (Å²) in [5.74, 6) is 1.15. The molecule has 0 aliphatic rings. The van der Waals surface area contributed by atoms with E-state index in [1.165, 1.54) is 0 Å². The second-order valence-electron chi connectivity index (χ2n) is 6.37. The molecule has 2 aromatic rings. The van der Waals surface area contributed by atoms with Crippen molar-refractivity contribution >= 4 is 16.9 Å². The molecule has 23 heavy (non-hydrogen) atoms. The summed E-state index contributed by atoms with van der Waals surface area (Å²) in [6, 6.07) is 8.12. The highest BCUT2D eigenvalue weighted by molar-refractivity contribution is 5.83. The molecule has 1 heterocycles. The predicted octanol–water partition coefficient (Wildman–Crippen LogP) is 3.86. The van der Waals surface area contributed by atoms with E-state index in [1.807, 2.05) is 32.2 Å². The Morgan fingerprint density at radius 1 is 1.35 bits per heavy atom. The molecule has 0 spiro atoms. The van der Waals surface area contributed by atoms with E-state index in [0.717, 1.165) is 48.0 Å². The Labute approximate surface area is 138 Å². The molecule has 1 amide bonds. The third-order valence-corrected chi connectivity index (χ3v) is 4.17. The zero-order valence-electron chi connectivity index (χ0n) is 14.5. The van der Waals surface area contributed by atoms with E-state index in [2.05, 4.69) is 13.0 Å². The van der Waals surface area contributed by atoms with Gasteiger partial charge in [0.15, 0.2) is 0 Å². The fourth-order valence-electron chi connectivity index (χ4n) is 2.73. The first kappa shape index (κ1) is 17.5. The maximum atomic E-state index is 12.3. The van der Waals surface area contributed by atoms with E-state index < -0.39 is 0 Å². The Bertz CT molecular complexity index is 646. The quantitative estimate of drug-likeness (QED) is 0.804. The van der Waals surface area contributed by atoms with Crippen molar-refractivity contribution in [2.45, 2.75) is 58.5 Å². The van der Waals surface area contributed by atoms with Gasteiger partial charge in [-0.3, -0.25) is 4.79 Å². The van der Waals surface area contributed by atoms with Crippen molar-refractivity contribution in [2.24, 2.45) is 5.73 Å². The minimum absolute atomic E-state index is 0.0576. The number of nitrogens with zero attached hydrogens (tertiary/aromatic N) is 1. The number of unbranched alkanes of at least 4 members (excludes halogenated alkanes) is 1. The van der Waals surface area contributed by atoms with Crippen LogP contribution in [0.5, 0.6) is 0 Å². The fraction of sp³-hybridized carbons (Fsp3) is 0.526. The number of nitrogens with two attached hydrogens (primary N) is 1. The van der Waals surface area contributed by atoms with Gasteiger partial charge in [-0.05, 0) is 25.8 Å². The highest BCUT2D eigenvalue weighted by Crippen LogP contribution is 2.28. The van der Waals surface area contributed by atoms with Gasteiger partial charge in [0.2, 0.25) is 5.91 Å². The molecule has 1 aromatic carbocycles. The topological polar surface area (TPSA) is 59.5 Å². The van der Waals surface area contributed by atoms with E-state index in [1.54, 1.807) is 4.90 Å². The number of amides is 1. The molecule has 126 valence electrons. The number of fused-ring (bicyclic) bond motifs is 1. The summed E-state index contributed by atoms with van der Waals surface area (Å²) in [7, 11) is 1.86. The van der Waals surface area contributed by atoms with E-state index in [4.69, 9.17) is 10.2 Å². The smallest absolute Gasteiger partial charge is 0.222 e. The number of carbonyl (C=O) groups excluding carboxylic acids is 1. The van der Waals surface area contributed by atoms with Crippen LogP contribution in [0.1, 0.15) is 50.9 Å². The molecular formula is C19H28N2O2. The average molecular weight is 316 g/mol. The summed E-state index contributed by atoms with van der Waals surface area (Å²) >= 11 is 0. The van der Waals surface area contributed by atoms with Gasteiger partial charge in [-0.1, -0.05) is 31.5 Å². The van der Waals surface area contributed by atoms with Crippen molar-refractivity contribution in [2.75, 3.05) is 7.05 Å². The molecule has 4 nitrogen and oxygen atoms in total. The van der Waals surface area contributed by atoms with Gasteiger partial charge in [-0.2, -0.15) is 0 Å². The number of hydrogen-bond acceptors (Lipinski definition) is 3. The van der Waals surface area contributed by atoms with Crippen LogP contribution in [0.3, 0.4) is 0 Å². The third-order valence-electron chi connectivity index (χ3n) is 4.17. The van der Waals surface area contributed by atoms with E-state index in [0.29, 0.717) is 13.0 Å². The number of carbonyl (C=O) groups is 1. The maximum Gasteiger partial charge on any atom is 0.222 e. The van der Waals surface area contributed by atoms with Gasteiger partial charge in [0.1, 0.15) is 11.3 Å². The highest BCUT2D eigenvalue weighted by Gasteiger charge is 2.17. The van der Waals surface area contributed by atoms with Crippen molar-refractivity contribution in [1.29, 1.82) is 0 Å². The monoisotopic (exact) mass is 316 g/mol. The molecule has 1 atom stereocenters. The summed E-state index contributed by atoms with van der Waals surface area (Å²) in [4.78, 5) is 14.1. The lowest BCUT2D eigenvalue weighted by atomic mass is 10.1. The van der Waals surface area contributed by atoms with Crippen LogP contribution in [0.25, 0.3) is 11.0 Å². The molecule has 1 aromatic heterocycles. The van der Waals surface area contributed by atoms with Gasteiger partial charge in [-0.15, -0.1) is 0 Å². The Kier molecular flexibility index (Phi) is 6.22. The largest absolute Gasteiger partial charge is 0.461 e. The average Bonchev–Trinajstić information content (AvgIpc) is 2.88. The zero-order chi connectivity index (χ0) is 16.8. The summed E-state index contributed by atoms with van der Waals surface area (Å²) in [6.07, 6.45) is 4.35. The van der Waals surface area contributed by atoms with Gasteiger partial charge in [-0.25, -0.2) is 0 Å². The lowest BCUT2D eigenvalue weighted by Crippen LogP contribution is -2.28. The number of benzene rings is 1. The molecule has 0 bridgehead atoms. The molecule has 0 aliphatic carbocycles. The Morgan fingerprint density at radius 3 is 2.78 bits per heavy atom. The molecule has 0 aliphatic heterocycles. The van der Waals surface area contributed by atoms with Crippen LogP contribution < -0.4 is 5.73 Å². The third kappa shape index (κ3) is 4.58. The summed E-state index contributed by atoms with van der Waals surface area (Å²) < 4.78 is 6.02. The van der Waals surface area contributed by atoms with Gasteiger partial charge < -0.3 is 15.1 Å². The van der Waals surface area contributed by atoms with E-state index >= 15 is 0 Å². The minimum atomic E-state index is 0.0576. The first-order chi connectivity index (χ1) is 11.0. The molecule has 0 radical (unpaired) electrons. The molecular weight excluding hydrogens is 288 g/mol. The number of para-hydroxylation sites is 1. The van der Waals surface area contributed by atoms with Gasteiger partial charge in [0.25, 0.3) is 0 Å². The van der Waals surface area contributed by atoms with Crippen LogP contribution in [-0.4, -0.2) is 23.9 Å². The number of furan rings is 1. The molecule has 2 rings (SSSR count). The molecule has 0 saturated heterocycles. The van der Waals surface area contributed by atoms with Crippen LogP contribution >= 0.6 is 0 Å². The van der Waals surface area contributed by atoms with Gasteiger partial charge in [0.05, 0.1) is 0 Å². The minimum Gasteiger partial charge on any atom is -0.461 e. The molecule has 0 fully saturated rings. The van der Waals surface area contributed by atoms with Crippen molar-refractivity contribution in [3.05, 3.63) is 35.6 Å². The highest BCUT2D eigenvalue weighted by atomic mass is 16.3. The van der Waals surface area contributed by atoms with Crippen LogP contribution in [0.2, 0.25) is 0 Å². The first-order valence-corrected chi connectivity index (χ1v) is 8.51. The summed E-state index contributed by atoms with van der Waals surface area (Å²) in [6.45, 7) is 4.69. The van der Waals surface area contributed by atoms with Crippen LogP contribution in [0.15, 0.2) is 28.7 Å². The van der Waals surface area contributed by atoms with Crippen LogP contribution in [0, 0.1) is 0 Å². The lowest BCUT2D eigenvalue weighted by molar-refractivity contribution is -0.130. The molecule has 0 saturated carbocycles. The first-order valence-electron chi connectivity index (χ1n) is 8.51. The SMILES string of the molecule is CCCCc1oc2ccccc2c1CN(C)C(=O)CCC(C)N. The normalized spacial score (nSPS) is 12.5. The molecule has 4 heteroatoms. The number of aryl methyl sites for hydroxylation is 1. The van der Waals surface area contributed by atoms with Crippen LogP contribution in [0.4, 0.5) is 0 Å².